The zero-order valence-electron chi connectivity index (χ0n) is 11.2. The molecule has 0 amide bonds. The topological polar surface area (TPSA) is 50.1 Å². The summed E-state index contributed by atoms with van der Waals surface area (Å²) in [6, 6.07) is 7.50. The van der Waals surface area contributed by atoms with E-state index in [1.165, 1.54) is 6.08 Å². The van der Waals surface area contributed by atoms with Crippen molar-refractivity contribution in [3.63, 3.8) is 0 Å². The molecule has 0 radical (unpaired) electrons. The second-order valence-electron chi connectivity index (χ2n) is 5.05. The molecular formula is C15H17NO2. The molecule has 0 saturated carbocycles. The van der Waals surface area contributed by atoms with Gasteiger partial charge in [-0.1, -0.05) is 12.1 Å². The molecule has 3 nitrogen and oxygen atoms in total. The van der Waals surface area contributed by atoms with Crippen LogP contribution in [0.5, 0.6) is 0 Å². The van der Waals surface area contributed by atoms with Gasteiger partial charge >= 0.3 is 5.97 Å². The average Bonchev–Trinajstić information content (AvgIpc) is 2.24. The van der Waals surface area contributed by atoms with Crippen molar-refractivity contribution >= 4 is 12.0 Å². The van der Waals surface area contributed by atoms with Crippen LogP contribution in [-0.2, 0) is 9.53 Å². The van der Waals surface area contributed by atoms with Gasteiger partial charge in [-0.15, -0.1) is 0 Å². The fourth-order valence-electron chi connectivity index (χ4n) is 1.42. The van der Waals surface area contributed by atoms with E-state index in [0.29, 0.717) is 5.56 Å². The van der Waals surface area contributed by atoms with Gasteiger partial charge in [-0.05, 0) is 51.0 Å². The van der Waals surface area contributed by atoms with E-state index in [1.807, 2.05) is 33.8 Å². The van der Waals surface area contributed by atoms with Gasteiger partial charge in [0.1, 0.15) is 5.60 Å². The summed E-state index contributed by atoms with van der Waals surface area (Å²) in [6.45, 7) is 7.34. The van der Waals surface area contributed by atoms with Crippen molar-refractivity contribution in [2.75, 3.05) is 0 Å². The van der Waals surface area contributed by atoms with Crippen molar-refractivity contribution in [2.45, 2.75) is 33.3 Å². The van der Waals surface area contributed by atoms with Crippen molar-refractivity contribution in [3.05, 3.63) is 41.0 Å². The van der Waals surface area contributed by atoms with Gasteiger partial charge in [0, 0.05) is 6.08 Å². The second-order valence-corrected chi connectivity index (χ2v) is 5.05. The van der Waals surface area contributed by atoms with E-state index >= 15 is 0 Å². The maximum atomic E-state index is 11.5. The molecule has 0 aliphatic heterocycles. The van der Waals surface area contributed by atoms with Crippen LogP contribution in [0.4, 0.5) is 0 Å². The van der Waals surface area contributed by atoms with Crippen molar-refractivity contribution in [1.82, 2.24) is 0 Å². The molecule has 1 rings (SSSR count). The third kappa shape index (κ3) is 4.42. The van der Waals surface area contributed by atoms with Gasteiger partial charge in [-0.25, -0.2) is 4.79 Å². The minimum Gasteiger partial charge on any atom is -0.457 e. The Bertz CT molecular complexity index is 516. The summed E-state index contributed by atoms with van der Waals surface area (Å²) in [6.07, 6.45) is 3.08. The zero-order valence-corrected chi connectivity index (χ0v) is 11.2. The molecule has 0 aliphatic carbocycles. The fraction of sp³-hybridized carbons (Fsp3) is 0.333. The lowest BCUT2D eigenvalue weighted by Crippen LogP contribution is -2.22. The number of ether oxygens (including phenoxy) is 1. The van der Waals surface area contributed by atoms with Gasteiger partial charge in [0.2, 0.25) is 0 Å². The lowest BCUT2D eigenvalue weighted by atomic mass is 10.1. The minimum absolute atomic E-state index is 0.371. The highest BCUT2D eigenvalue weighted by Crippen LogP contribution is 2.12. The highest BCUT2D eigenvalue weighted by atomic mass is 16.6. The summed E-state index contributed by atoms with van der Waals surface area (Å²) in [4.78, 5) is 11.5. The first-order valence-electron chi connectivity index (χ1n) is 5.73. The molecule has 0 N–H and O–H groups in total. The van der Waals surface area contributed by atoms with Crippen LogP contribution in [0, 0.1) is 18.3 Å². The number of esters is 1. The molecule has 1 aromatic rings. The van der Waals surface area contributed by atoms with E-state index in [-0.39, 0.29) is 5.97 Å². The van der Waals surface area contributed by atoms with Crippen molar-refractivity contribution < 1.29 is 9.53 Å². The first kappa shape index (κ1) is 14.0. The first-order valence-corrected chi connectivity index (χ1v) is 5.73. The van der Waals surface area contributed by atoms with Gasteiger partial charge in [0.25, 0.3) is 0 Å². The minimum atomic E-state index is -0.484. The van der Waals surface area contributed by atoms with Crippen molar-refractivity contribution in [1.29, 1.82) is 5.26 Å². The molecule has 0 atom stereocenters. The van der Waals surface area contributed by atoms with Crippen LogP contribution in [0.1, 0.15) is 37.5 Å². The van der Waals surface area contributed by atoms with E-state index in [9.17, 15) is 4.79 Å². The maximum Gasteiger partial charge on any atom is 0.331 e. The number of benzene rings is 1. The van der Waals surface area contributed by atoms with Crippen LogP contribution in [0.15, 0.2) is 24.3 Å². The molecule has 0 aliphatic rings. The van der Waals surface area contributed by atoms with Crippen LogP contribution in [0.2, 0.25) is 0 Å². The monoisotopic (exact) mass is 243 g/mol. The second kappa shape index (κ2) is 5.50. The summed E-state index contributed by atoms with van der Waals surface area (Å²) in [5.41, 5.74) is 1.92. The average molecular weight is 243 g/mol. The quantitative estimate of drug-likeness (QED) is 0.592. The number of aryl methyl sites for hydroxylation is 1. The molecule has 0 saturated heterocycles. The van der Waals surface area contributed by atoms with Gasteiger partial charge in [0.15, 0.2) is 0 Å². The Balaban J connectivity index is 2.77. The third-order valence-corrected chi connectivity index (χ3v) is 2.19. The van der Waals surface area contributed by atoms with E-state index in [0.717, 1.165) is 11.1 Å². The van der Waals surface area contributed by atoms with Gasteiger partial charge in [-0.2, -0.15) is 5.26 Å². The van der Waals surface area contributed by atoms with Crippen LogP contribution < -0.4 is 0 Å². The lowest BCUT2D eigenvalue weighted by molar-refractivity contribution is -0.148. The predicted octanol–water partition coefficient (Wildman–Crippen LogP) is 3.22. The van der Waals surface area contributed by atoms with Crippen molar-refractivity contribution in [2.24, 2.45) is 0 Å². The van der Waals surface area contributed by atoms with E-state index in [1.54, 1.807) is 18.2 Å². The van der Waals surface area contributed by atoms with Crippen molar-refractivity contribution in [3.8, 4) is 6.07 Å². The number of nitriles is 1. The summed E-state index contributed by atoms with van der Waals surface area (Å²) >= 11 is 0. The molecule has 0 aromatic heterocycles. The number of hydrogen-bond acceptors (Lipinski definition) is 3. The van der Waals surface area contributed by atoms with Gasteiger partial charge in [-0.3, -0.25) is 0 Å². The standard InChI is InChI=1S/C15H17NO2/c1-11-9-12(5-7-13(11)10-16)6-8-14(17)18-15(2,3)4/h5-9H,1-4H3/b8-6+. The molecule has 0 spiro atoms. The number of hydrogen-bond donors (Lipinski definition) is 0. The Morgan fingerprint density at radius 2 is 2.06 bits per heavy atom. The smallest absolute Gasteiger partial charge is 0.331 e. The molecule has 94 valence electrons. The predicted molar refractivity (Wildman–Crippen MR) is 70.8 cm³/mol. The van der Waals surface area contributed by atoms with E-state index < -0.39 is 5.60 Å². The Kier molecular flexibility index (Phi) is 4.28. The van der Waals surface area contributed by atoms with E-state index in [4.69, 9.17) is 10.00 Å². The molecule has 0 heterocycles. The maximum absolute atomic E-state index is 11.5. The SMILES string of the molecule is Cc1cc(/C=C/C(=O)OC(C)(C)C)ccc1C#N. The normalized spacial score (nSPS) is 11.3. The molecule has 1 aromatic carbocycles. The molecular weight excluding hydrogens is 226 g/mol. The lowest BCUT2D eigenvalue weighted by Gasteiger charge is -2.17. The Morgan fingerprint density at radius 1 is 1.39 bits per heavy atom. The zero-order chi connectivity index (χ0) is 13.8. The third-order valence-electron chi connectivity index (χ3n) is 2.19. The summed E-state index contributed by atoms with van der Waals surface area (Å²) in [7, 11) is 0. The molecule has 0 fully saturated rings. The largest absolute Gasteiger partial charge is 0.457 e. The van der Waals surface area contributed by atoms with Gasteiger partial charge < -0.3 is 4.74 Å². The van der Waals surface area contributed by atoms with Crippen LogP contribution in [-0.4, -0.2) is 11.6 Å². The van der Waals surface area contributed by atoms with E-state index in [2.05, 4.69) is 6.07 Å². The molecule has 3 heteroatoms. The summed E-state index contributed by atoms with van der Waals surface area (Å²) < 4.78 is 5.16. The Hall–Kier alpha value is -2.08. The summed E-state index contributed by atoms with van der Waals surface area (Å²) in [5, 5.41) is 8.81. The number of rotatable bonds is 2. The number of nitrogens with zero attached hydrogens (tertiary/aromatic N) is 1. The van der Waals surface area contributed by atoms with Gasteiger partial charge in [0.05, 0.1) is 11.6 Å². The molecule has 0 unspecified atom stereocenters. The Labute approximate surface area is 108 Å². The highest BCUT2D eigenvalue weighted by Gasteiger charge is 2.13. The number of carbonyl (C=O) groups is 1. The molecule has 0 bridgehead atoms. The highest BCUT2D eigenvalue weighted by molar-refractivity contribution is 5.87. The van der Waals surface area contributed by atoms with Crippen LogP contribution in [0.3, 0.4) is 0 Å². The van der Waals surface area contributed by atoms with Crippen LogP contribution in [0.25, 0.3) is 6.08 Å². The summed E-state index contributed by atoms with van der Waals surface area (Å²) in [5.74, 6) is -0.371. The first-order chi connectivity index (χ1) is 8.31. The number of carbonyl (C=O) groups excluding carboxylic acids is 1. The molecule has 18 heavy (non-hydrogen) atoms. The Morgan fingerprint density at radius 3 is 2.56 bits per heavy atom. The van der Waals surface area contributed by atoms with Crippen LogP contribution >= 0.6 is 0 Å². The fourth-order valence-corrected chi connectivity index (χ4v) is 1.42.